The van der Waals surface area contributed by atoms with E-state index in [2.05, 4.69) is 5.32 Å². The third-order valence-electron chi connectivity index (χ3n) is 3.51. The smallest absolute Gasteiger partial charge is 0.241 e. The third-order valence-corrected chi connectivity index (χ3v) is 4.72. The number of rotatable bonds is 6. The SMILES string of the molecule is CCN(Cc1ccc(Cl)s1)C(C)C(=O)Nc1cc(F)ccc1F. The van der Waals surface area contributed by atoms with Crippen molar-refractivity contribution in [2.75, 3.05) is 11.9 Å². The van der Waals surface area contributed by atoms with Crippen molar-refractivity contribution < 1.29 is 13.6 Å². The number of anilines is 1. The number of benzene rings is 1. The molecule has 0 fully saturated rings. The molecule has 23 heavy (non-hydrogen) atoms. The fraction of sp³-hybridized carbons (Fsp3) is 0.312. The molecule has 0 spiro atoms. The van der Waals surface area contributed by atoms with Crippen molar-refractivity contribution in [2.45, 2.75) is 26.4 Å². The van der Waals surface area contributed by atoms with E-state index in [9.17, 15) is 13.6 Å². The topological polar surface area (TPSA) is 32.3 Å². The van der Waals surface area contributed by atoms with Crippen LogP contribution in [0.2, 0.25) is 4.34 Å². The summed E-state index contributed by atoms with van der Waals surface area (Å²) >= 11 is 7.36. The molecule has 0 aliphatic rings. The lowest BCUT2D eigenvalue weighted by Gasteiger charge is -2.26. The van der Waals surface area contributed by atoms with Crippen molar-refractivity contribution >= 4 is 34.5 Å². The van der Waals surface area contributed by atoms with Crippen molar-refractivity contribution in [3.63, 3.8) is 0 Å². The molecule has 1 unspecified atom stereocenters. The Bertz CT molecular complexity index is 692. The van der Waals surface area contributed by atoms with Crippen molar-refractivity contribution in [3.05, 3.63) is 51.2 Å². The third kappa shape index (κ3) is 4.73. The summed E-state index contributed by atoms with van der Waals surface area (Å²) in [5.41, 5.74) is -0.155. The minimum Gasteiger partial charge on any atom is -0.322 e. The highest BCUT2D eigenvalue weighted by Gasteiger charge is 2.22. The molecule has 0 bridgehead atoms. The predicted molar refractivity (Wildman–Crippen MR) is 89.9 cm³/mol. The molecule has 1 atom stereocenters. The summed E-state index contributed by atoms with van der Waals surface area (Å²) in [4.78, 5) is 15.3. The molecule has 0 aliphatic carbocycles. The zero-order chi connectivity index (χ0) is 17.0. The van der Waals surface area contributed by atoms with Crippen molar-refractivity contribution in [1.29, 1.82) is 0 Å². The van der Waals surface area contributed by atoms with Gasteiger partial charge in [0.1, 0.15) is 11.6 Å². The van der Waals surface area contributed by atoms with E-state index in [1.807, 2.05) is 24.0 Å². The second-order valence-electron chi connectivity index (χ2n) is 5.06. The maximum absolute atomic E-state index is 13.6. The van der Waals surface area contributed by atoms with Gasteiger partial charge < -0.3 is 5.32 Å². The highest BCUT2D eigenvalue weighted by atomic mass is 35.5. The molecular formula is C16H17ClF2N2OS. The second-order valence-corrected chi connectivity index (χ2v) is 6.86. The van der Waals surface area contributed by atoms with Crippen molar-refractivity contribution in [3.8, 4) is 0 Å². The first kappa shape index (κ1) is 17.8. The van der Waals surface area contributed by atoms with Crippen LogP contribution in [0.5, 0.6) is 0 Å². The summed E-state index contributed by atoms with van der Waals surface area (Å²) < 4.78 is 27.5. The summed E-state index contributed by atoms with van der Waals surface area (Å²) in [6, 6.07) is 6.18. The van der Waals surface area contributed by atoms with Crippen LogP contribution in [0.3, 0.4) is 0 Å². The molecule has 1 heterocycles. The minimum atomic E-state index is -0.667. The molecule has 1 aromatic heterocycles. The van der Waals surface area contributed by atoms with Gasteiger partial charge in [0.25, 0.3) is 0 Å². The lowest BCUT2D eigenvalue weighted by molar-refractivity contribution is -0.120. The Kier molecular flexibility index (Phi) is 6.10. The normalized spacial score (nSPS) is 12.4. The zero-order valence-electron chi connectivity index (χ0n) is 12.8. The number of nitrogens with zero attached hydrogens (tertiary/aromatic N) is 1. The van der Waals surface area contributed by atoms with E-state index >= 15 is 0 Å². The van der Waals surface area contributed by atoms with E-state index in [4.69, 9.17) is 11.6 Å². The number of carbonyl (C=O) groups excluding carboxylic acids is 1. The predicted octanol–water partition coefficient (Wildman–Crippen LogP) is 4.53. The van der Waals surface area contributed by atoms with Gasteiger partial charge in [-0.15, -0.1) is 11.3 Å². The standard InChI is InChI=1S/C16H17ClF2N2OS/c1-3-21(9-12-5-7-15(17)23-12)10(2)16(22)20-14-8-11(18)4-6-13(14)19/h4-8,10H,3,9H2,1-2H3,(H,20,22). The first-order chi connectivity index (χ1) is 10.9. The molecule has 1 N–H and O–H groups in total. The summed E-state index contributed by atoms with van der Waals surface area (Å²) in [6.45, 7) is 4.86. The monoisotopic (exact) mass is 358 g/mol. The Morgan fingerprint density at radius 1 is 1.35 bits per heavy atom. The number of halogens is 3. The average Bonchev–Trinajstić information content (AvgIpc) is 2.93. The Labute approximate surface area is 142 Å². The average molecular weight is 359 g/mol. The molecule has 7 heteroatoms. The van der Waals surface area contributed by atoms with Crippen LogP contribution in [0.15, 0.2) is 30.3 Å². The Hall–Kier alpha value is -1.50. The van der Waals surface area contributed by atoms with Crippen LogP contribution in [-0.2, 0) is 11.3 Å². The van der Waals surface area contributed by atoms with E-state index in [1.54, 1.807) is 6.92 Å². The number of likely N-dealkylation sites (N-methyl/N-ethyl adjacent to an activating group) is 1. The highest BCUT2D eigenvalue weighted by molar-refractivity contribution is 7.16. The molecule has 124 valence electrons. The summed E-state index contributed by atoms with van der Waals surface area (Å²) in [5.74, 6) is -1.66. The molecule has 0 radical (unpaired) electrons. The van der Waals surface area contributed by atoms with Gasteiger partial charge in [0.2, 0.25) is 5.91 Å². The van der Waals surface area contributed by atoms with E-state index < -0.39 is 17.7 Å². The number of carbonyl (C=O) groups is 1. The van der Waals surface area contributed by atoms with E-state index in [-0.39, 0.29) is 11.6 Å². The van der Waals surface area contributed by atoms with E-state index in [0.29, 0.717) is 17.4 Å². The fourth-order valence-electron chi connectivity index (χ4n) is 2.16. The van der Waals surface area contributed by atoms with Gasteiger partial charge in [-0.25, -0.2) is 8.78 Å². The molecular weight excluding hydrogens is 342 g/mol. The second kappa shape index (κ2) is 7.86. The lowest BCUT2D eigenvalue weighted by atomic mass is 10.2. The maximum Gasteiger partial charge on any atom is 0.241 e. The van der Waals surface area contributed by atoms with Crippen molar-refractivity contribution in [2.24, 2.45) is 0 Å². The van der Waals surface area contributed by atoms with Crippen LogP contribution in [0.1, 0.15) is 18.7 Å². The van der Waals surface area contributed by atoms with Crippen LogP contribution < -0.4 is 5.32 Å². The largest absolute Gasteiger partial charge is 0.322 e. The van der Waals surface area contributed by atoms with Gasteiger partial charge >= 0.3 is 0 Å². The molecule has 0 saturated carbocycles. The molecule has 2 rings (SSSR count). The number of thiophene rings is 1. The summed E-state index contributed by atoms with van der Waals surface area (Å²) in [7, 11) is 0. The van der Waals surface area contributed by atoms with Crippen LogP contribution in [0.4, 0.5) is 14.5 Å². The Balaban J connectivity index is 2.05. The van der Waals surface area contributed by atoms with E-state index in [0.717, 1.165) is 23.1 Å². The molecule has 0 saturated heterocycles. The molecule has 0 aliphatic heterocycles. The molecule has 1 amide bonds. The first-order valence-electron chi connectivity index (χ1n) is 7.15. The fourth-order valence-corrected chi connectivity index (χ4v) is 3.27. The zero-order valence-corrected chi connectivity index (χ0v) is 14.3. The number of hydrogen-bond donors (Lipinski definition) is 1. The Morgan fingerprint density at radius 3 is 2.70 bits per heavy atom. The minimum absolute atomic E-state index is 0.155. The molecule has 3 nitrogen and oxygen atoms in total. The number of amides is 1. The number of hydrogen-bond acceptors (Lipinski definition) is 3. The highest BCUT2D eigenvalue weighted by Crippen LogP contribution is 2.23. The van der Waals surface area contributed by atoms with Crippen LogP contribution in [0, 0.1) is 11.6 Å². The van der Waals surface area contributed by atoms with Crippen LogP contribution in [0.25, 0.3) is 0 Å². The molecule has 2 aromatic rings. The van der Waals surface area contributed by atoms with Crippen molar-refractivity contribution in [1.82, 2.24) is 4.90 Å². The lowest BCUT2D eigenvalue weighted by Crippen LogP contribution is -2.41. The van der Waals surface area contributed by atoms with Gasteiger partial charge in [-0.2, -0.15) is 0 Å². The van der Waals surface area contributed by atoms with Gasteiger partial charge in [0.15, 0.2) is 0 Å². The number of nitrogens with one attached hydrogen (secondary N) is 1. The van der Waals surface area contributed by atoms with Gasteiger partial charge in [0, 0.05) is 17.5 Å². The Morgan fingerprint density at radius 2 is 2.09 bits per heavy atom. The van der Waals surface area contributed by atoms with Gasteiger partial charge in [-0.3, -0.25) is 9.69 Å². The van der Waals surface area contributed by atoms with Gasteiger partial charge in [-0.1, -0.05) is 18.5 Å². The quantitative estimate of drug-likeness (QED) is 0.822. The van der Waals surface area contributed by atoms with Gasteiger partial charge in [0.05, 0.1) is 16.1 Å². The van der Waals surface area contributed by atoms with Gasteiger partial charge in [-0.05, 0) is 37.7 Å². The maximum atomic E-state index is 13.6. The molecule has 1 aromatic carbocycles. The van der Waals surface area contributed by atoms with Crippen LogP contribution in [-0.4, -0.2) is 23.4 Å². The van der Waals surface area contributed by atoms with Crippen LogP contribution >= 0.6 is 22.9 Å². The summed E-state index contributed by atoms with van der Waals surface area (Å²) in [6.07, 6.45) is 0. The summed E-state index contributed by atoms with van der Waals surface area (Å²) in [5, 5.41) is 2.44. The first-order valence-corrected chi connectivity index (χ1v) is 8.34. The van der Waals surface area contributed by atoms with E-state index in [1.165, 1.54) is 11.3 Å².